The number of hydrogen-bond donors (Lipinski definition) is 0. The number of nitrogens with zero attached hydrogens (tertiary/aromatic N) is 4. The van der Waals surface area contributed by atoms with E-state index < -0.39 is 0 Å². The van der Waals surface area contributed by atoms with Gasteiger partial charge >= 0.3 is 0 Å². The van der Waals surface area contributed by atoms with Crippen molar-refractivity contribution in [2.45, 2.75) is 24.3 Å². The van der Waals surface area contributed by atoms with Crippen LogP contribution >= 0.6 is 11.8 Å². The third-order valence-corrected chi connectivity index (χ3v) is 3.03. The third kappa shape index (κ3) is 2.58. The molecule has 0 atom stereocenters. The number of rotatable bonds is 4. The van der Waals surface area contributed by atoms with E-state index in [1.54, 1.807) is 23.6 Å². The number of ether oxygens (including phenoxy) is 1. The van der Waals surface area contributed by atoms with Crippen molar-refractivity contribution in [2.24, 2.45) is 0 Å². The number of aromatic nitrogens is 4. The summed E-state index contributed by atoms with van der Waals surface area (Å²) >= 11 is 1.62. The standard InChI is InChI=1S/C11H14N4OS/c1-8(2)17-11-12-13-14-15(11)9-6-4-5-7-10(9)16-3/h4-8H,1-3H3. The Hall–Kier alpha value is -1.56. The van der Waals surface area contributed by atoms with Crippen LogP contribution in [-0.4, -0.2) is 32.6 Å². The lowest BCUT2D eigenvalue weighted by atomic mass is 10.3. The lowest BCUT2D eigenvalue weighted by Gasteiger charge is -2.09. The first-order chi connectivity index (χ1) is 8.22. The molecule has 0 saturated carbocycles. The molecule has 0 amide bonds. The molecule has 0 aliphatic heterocycles. The molecule has 5 nitrogen and oxygen atoms in total. The molecule has 0 N–H and O–H groups in total. The van der Waals surface area contributed by atoms with Crippen molar-refractivity contribution in [1.82, 2.24) is 20.2 Å². The second kappa shape index (κ2) is 5.18. The predicted octanol–water partition coefficient (Wildman–Crippen LogP) is 2.17. The summed E-state index contributed by atoms with van der Waals surface area (Å²) in [5.74, 6) is 0.755. The molecular weight excluding hydrogens is 236 g/mol. The van der Waals surface area contributed by atoms with Crippen molar-refractivity contribution in [1.29, 1.82) is 0 Å². The fourth-order valence-corrected chi connectivity index (χ4v) is 2.16. The molecule has 0 unspecified atom stereocenters. The summed E-state index contributed by atoms with van der Waals surface area (Å²) in [6.45, 7) is 4.21. The molecule has 17 heavy (non-hydrogen) atoms. The summed E-state index contributed by atoms with van der Waals surface area (Å²) in [5.41, 5.74) is 0.850. The fourth-order valence-electron chi connectivity index (χ4n) is 1.42. The van der Waals surface area contributed by atoms with Crippen molar-refractivity contribution in [2.75, 3.05) is 7.11 Å². The Morgan fingerprint density at radius 2 is 2.06 bits per heavy atom. The summed E-state index contributed by atoms with van der Waals surface area (Å²) in [5, 5.41) is 12.9. The van der Waals surface area contributed by atoms with Gasteiger partial charge in [-0.25, -0.2) is 0 Å². The Morgan fingerprint density at radius 3 is 2.76 bits per heavy atom. The monoisotopic (exact) mass is 250 g/mol. The van der Waals surface area contributed by atoms with E-state index in [0.29, 0.717) is 5.25 Å². The van der Waals surface area contributed by atoms with Gasteiger partial charge in [-0.05, 0) is 22.6 Å². The zero-order valence-corrected chi connectivity index (χ0v) is 10.8. The van der Waals surface area contributed by atoms with E-state index in [1.165, 1.54) is 0 Å². The number of methoxy groups -OCH3 is 1. The van der Waals surface area contributed by atoms with E-state index >= 15 is 0 Å². The van der Waals surface area contributed by atoms with Gasteiger partial charge in [-0.1, -0.05) is 37.7 Å². The molecule has 2 rings (SSSR count). The molecular formula is C11H14N4OS. The quantitative estimate of drug-likeness (QED) is 0.778. The number of tetrazole rings is 1. The minimum atomic E-state index is 0.425. The van der Waals surface area contributed by atoms with E-state index in [2.05, 4.69) is 29.4 Å². The van der Waals surface area contributed by atoms with Crippen LogP contribution in [0.4, 0.5) is 0 Å². The first-order valence-electron chi connectivity index (χ1n) is 5.31. The van der Waals surface area contributed by atoms with E-state index in [1.807, 2.05) is 24.3 Å². The van der Waals surface area contributed by atoms with Crippen LogP contribution in [0.2, 0.25) is 0 Å². The molecule has 90 valence electrons. The van der Waals surface area contributed by atoms with E-state index in [9.17, 15) is 0 Å². The molecule has 0 aliphatic rings. The molecule has 2 aromatic rings. The Balaban J connectivity index is 2.42. The van der Waals surface area contributed by atoms with Crippen molar-refractivity contribution in [3.05, 3.63) is 24.3 Å². The van der Waals surface area contributed by atoms with Crippen molar-refractivity contribution < 1.29 is 4.74 Å². The average molecular weight is 250 g/mol. The largest absolute Gasteiger partial charge is 0.494 e. The molecule has 1 aromatic carbocycles. The molecule has 0 bridgehead atoms. The van der Waals surface area contributed by atoms with Crippen molar-refractivity contribution in [3.63, 3.8) is 0 Å². The lowest BCUT2D eigenvalue weighted by molar-refractivity contribution is 0.410. The fraction of sp³-hybridized carbons (Fsp3) is 0.364. The molecule has 1 aromatic heterocycles. The maximum absolute atomic E-state index is 5.30. The summed E-state index contributed by atoms with van der Waals surface area (Å²) < 4.78 is 7.00. The first kappa shape index (κ1) is 11.9. The highest BCUT2D eigenvalue weighted by atomic mass is 32.2. The molecule has 0 fully saturated rings. The maximum Gasteiger partial charge on any atom is 0.214 e. The minimum Gasteiger partial charge on any atom is -0.494 e. The zero-order chi connectivity index (χ0) is 12.3. The van der Waals surface area contributed by atoms with Gasteiger partial charge in [0, 0.05) is 5.25 Å². The number of thioether (sulfide) groups is 1. The topological polar surface area (TPSA) is 52.8 Å². The molecule has 0 aliphatic carbocycles. The lowest BCUT2D eigenvalue weighted by Crippen LogP contribution is -2.03. The van der Waals surface area contributed by atoms with E-state index in [-0.39, 0.29) is 0 Å². The van der Waals surface area contributed by atoms with Crippen LogP contribution in [0, 0.1) is 0 Å². The smallest absolute Gasteiger partial charge is 0.214 e. The van der Waals surface area contributed by atoms with E-state index in [0.717, 1.165) is 16.6 Å². The molecule has 0 spiro atoms. The highest BCUT2D eigenvalue weighted by molar-refractivity contribution is 7.99. The van der Waals surface area contributed by atoms with Gasteiger partial charge in [0.25, 0.3) is 0 Å². The Morgan fingerprint density at radius 1 is 1.29 bits per heavy atom. The van der Waals surface area contributed by atoms with Crippen LogP contribution < -0.4 is 4.74 Å². The molecule has 1 heterocycles. The van der Waals surface area contributed by atoms with Gasteiger partial charge in [0.05, 0.1) is 7.11 Å². The van der Waals surface area contributed by atoms with E-state index in [4.69, 9.17) is 4.74 Å². The molecule has 0 radical (unpaired) electrons. The minimum absolute atomic E-state index is 0.425. The van der Waals surface area contributed by atoms with Gasteiger partial charge in [0.1, 0.15) is 11.4 Å². The molecule has 0 saturated heterocycles. The zero-order valence-electron chi connectivity index (χ0n) is 9.99. The Kier molecular flexibility index (Phi) is 3.63. The van der Waals surface area contributed by atoms with Crippen LogP contribution in [-0.2, 0) is 0 Å². The number of para-hydroxylation sites is 2. The third-order valence-electron chi connectivity index (χ3n) is 2.10. The van der Waals surface area contributed by atoms with Gasteiger partial charge < -0.3 is 4.74 Å². The Labute approximate surface area is 104 Å². The second-order valence-corrected chi connectivity index (χ2v) is 5.26. The number of hydrogen-bond acceptors (Lipinski definition) is 5. The number of benzene rings is 1. The van der Waals surface area contributed by atoms with Crippen LogP contribution in [0.5, 0.6) is 5.75 Å². The van der Waals surface area contributed by atoms with Crippen molar-refractivity contribution in [3.8, 4) is 11.4 Å². The SMILES string of the molecule is COc1ccccc1-n1nnnc1SC(C)C. The Bertz CT molecular complexity index is 498. The van der Waals surface area contributed by atoms with Gasteiger partial charge in [0.15, 0.2) is 0 Å². The van der Waals surface area contributed by atoms with Gasteiger partial charge in [-0.2, -0.15) is 4.68 Å². The summed E-state index contributed by atoms with van der Waals surface area (Å²) in [4.78, 5) is 0. The highest BCUT2D eigenvalue weighted by Crippen LogP contribution is 2.27. The van der Waals surface area contributed by atoms with Crippen LogP contribution in [0.25, 0.3) is 5.69 Å². The van der Waals surface area contributed by atoms with Gasteiger partial charge in [0.2, 0.25) is 5.16 Å². The average Bonchev–Trinajstić information content (AvgIpc) is 2.76. The summed E-state index contributed by atoms with van der Waals surface area (Å²) in [6.07, 6.45) is 0. The van der Waals surface area contributed by atoms with Crippen LogP contribution in [0.3, 0.4) is 0 Å². The predicted molar refractivity (Wildman–Crippen MR) is 66.7 cm³/mol. The van der Waals surface area contributed by atoms with Gasteiger partial charge in [-0.15, -0.1) is 5.10 Å². The highest BCUT2D eigenvalue weighted by Gasteiger charge is 2.13. The van der Waals surface area contributed by atoms with Crippen LogP contribution in [0.1, 0.15) is 13.8 Å². The normalized spacial score (nSPS) is 10.8. The first-order valence-corrected chi connectivity index (χ1v) is 6.18. The maximum atomic E-state index is 5.30. The summed E-state index contributed by atoms with van der Waals surface area (Å²) in [7, 11) is 1.64. The molecule has 6 heteroatoms. The van der Waals surface area contributed by atoms with Crippen LogP contribution in [0.15, 0.2) is 29.4 Å². The van der Waals surface area contributed by atoms with Crippen molar-refractivity contribution >= 4 is 11.8 Å². The van der Waals surface area contributed by atoms with Gasteiger partial charge in [-0.3, -0.25) is 0 Å². The summed E-state index contributed by atoms with van der Waals surface area (Å²) in [6, 6.07) is 7.67. The second-order valence-electron chi connectivity index (χ2n) is 3.71.